The lowest BCUT2D eigenvalue weighted by Gasteiger charge is -2.43. The molecule has 4 N–H and O–H groups in total. The van der Waals surface area contributed by atoms with Crippen LogP contribution in [0.3, 0.4) is 0 Å². The third kappa shape index (κ3) is 3.19. The van der Waals surface area contributed by atoms with Gasteiger partial charge in [-0.15, -0.1) is 0 Å². The third-order valence-corrected chi connectivity index (χ3v) is 4.24. The van der Waals surface area contributed by atoms with E-state index in [0.29, 0.717) is 18.5 Å². The van der Waals surface area contributed by atoms with Crippen molar-refractivity contribution in [2.45, 2.75) is 70.5 Å². The van der Waals surface area contributed by atoms with Crippen molar-refractivity contribution in [3.63, 3.8) is 0 Å². The molecule has 4 heteroatoms. The fraction of sp³-hybridized carbons (Fsp3) is 0.923. The second-order valence-corrected chi connectivity index (χ2v) is 5.36. The molecule has 17 heavy (non-hydrogen) atoms. The molecule has 1 fully saturated rings. The highest BCUT2D eigenvalue weighted by atomic mass is 16.1. The molecule has 0 aliphatic heterocycles. The quantitative estimate of drug-likeness (QED) is 0.760. The molecule has 0 bridgehead atoms. The summed E-state index contributed by atoms with van der Waals surface area (Å²) in [4.78, 5) is 13.9. The lowest BCUT2D eigenvalue weighted by molar-refractivity contribution is -0.125. The van der Waals surface area contributed by atoms with Gasteiger partial charge in [0.15, 0.2) is 0 Å². The minimum Gasteiger partial charge on any atom is -0.368 e. The van der Waals surface area contributed by atoms with Gasteiger partial charge in [0.1, 0.15) is 0 Å². The van der Waals surface area contributed by atoms with E-state index in [1.165, 1.54) is 0 Å². The molecule has 0 aromatic heterocycles. The molecule has 0 aromatic carbocycles. The van der Waals surface area contributed by atoms with Crippen LogP contribution in [0.5, 0.6) is 0 Å². The van der Waals surface area contributed by atoms with Gasteiger partial charge < -0.3 is 11.5 Å². The first-order valence-corrected chi connectivity index (χ1v) is 6.79. The Hall–Kier alpha value is -0.610. The first-order chi connectivity index (χ1) is 7.94. The monoisotopic (exact) mass is 241 g/mol. The Labute approximate surface area is 105 Å². The molecule has 100 valence electrons. The molecule has 1 amide bonds. The highest BCUT2D eigenvalue weighted by Crippen LogP contribution is 2.30. The topological polar surface area (TPSA) is 72.3 Å². The molecule has 0 spiro atoms. The molecule has 0 radical (unpaired) electrons. The summed E-state index contributed by atoms with van der Waals surface area (Å²) in [5.74, 6) is -0.345. The van der Waals surface area contributed by atoms with E-state index in [4.69, 9.17) is 11.5 Å². The van der Waals surface area contributed by atoms with Crippen LogP contribution in [0.2, 0.25) is 0 Å². The number of nitrogens with two attached hydrogens (primary N) is 2. The number of hydrogen-bond donors (Lipinski definition) is 2. The lowest BCUT2D eigenvalue weighted by Crippen LogP contribution is -2.59. The summed E-state index contributed by atoms with van der Waals surface area (Å²) < 4.78 is 0. The molecule has 3 atom stereocenters. The molecule has 0 heterocycles. The second kappa shape index (κ2) is 5.83. The summed E-state index contributed by atoms with van der Waals surface area (Å²) in [6.07, 6.45) is 4.69. The van der Waals surface area contributed by atoms with Gasteiger partial charge in [-0.3, -0.25) is 9.69 Å². The van der Waals surface area contributed by atoms with Crippen molar-refractivity contribution in [1.82, 2.24) is 4.90 Å². The van der Waals surface area contributed by atoms with Crippen LogP contribution < -0.4 is 11.5 Å². The van der Waals surface area contributed by atoms with Gasteiger partial charge in [-0.05, 0) is 45.6 Å². The van der Waals surface area contributed by atoms with Gasteiger partial charge >= 0.3 is 0 Å². The standard InChI is InChI=1S/C13H27N3O/c1-4-10(3)16(5-2)11-7-6-8-13(15,9-11)12(14)17/h10-11H,4-9,15H2,1-3H3,(H2,14,17). The number of nitrogens with zero attached hydrogens (tertiary/aromatic N) is 1. The number of primary amides is 1. The van der Waals surface area contributed by atoms with E-state index in [0.717, 1.165) is 32.2 Å². The summed E-state index contributed by atoms with van der Waals surface area (Å²) in [7, 11) is 0. The predicted molar refractivity (Wildman–Crippen MR) is 70.5 cm³/mol. The van der Waals surface area contributed by atoms with E-state index in [2.05, 4.69) is 25.7 Å². The Balaban J connectivity index is 2.74. The van der Waals surface area contributed by atoms with Gasteiger partial charge in [0.2, 0.25) is 5.91 Å². The van der Waals surface area contributed by atoms with Crippen LogP contribution in [0.25, 0.3) is 0 Å². The van der Waals surface area contributed by atoms with Crippen LogP contribution in [0.15, 0.2) is 0 Å². The van der Waals surface area contributed by atoms with Crippen molar-refractivity contribution in [3.8, 4) is 0 Å². The average Bonchev–Trinajstić information content (AvgIpc) is 2.29. The smallest absolute Gasteiger partial charge is 0.237 e. The third-order valence-electron chi connectivity index (χ3n) is 4.24. The molecule has 0 saturated heterocycles. The van der Waals surface area contributed by atoms with E-state index < -0.39 is 5.54 Å². The molecule has 1 saturated carbocycles. The Morgan fingerprint density at radius 3 is 2.65 bits per heavy atom. The second-order valence-electron chi connectivity index (χ2n) is 5.36. The zero-order valence-corrected chi connectivity index (χ0v) is 11.4. The van der Waals surface area contributed by atoms with E-state index in [1.54, 1.807) is 0 Å². The van der Waals surface area contributed by atoms with Crippen LogP contribution in [0, 0.1) is 0 Å². The minimum atomic E-state index is -0.788. The van der Waals surface area contributed by atoms with Crippen molar-refractivity contribution in [3.05, 3.63) is 0 Å². The Kier molecular flexibility index (Phi) is 4.95. The molecule has 4 nitrogen and oxygen atoms in total. The van der Waals surface area contributed by atoms with Crippen LogP contribution in [-0.2, 0) is 4.79 Å². The summed E-state index contributed by atoms with van der Waals surface area (Å²) in [6.45, 7) is 7.61. The SMILES string of the molecule is CCC(C)N(CC)C1CCCC(N)(C(N)=O)C1. The van der Waals surface area contributed by atoms with Gasteiger partial charge in [-0.1, -0.05) is 13.8 Å². The number of rotatable bonds is 5. The predicted octanol–water partition coefficient (Wildman–Crippen LogP) is 1.23. The van der Waals surface area contributed by atoms with Gasteiger partial charge in [0.05, 0.1) is 5.54 Å². The van der Waals surface area contributed by atoms with Gasteiger partial charge in [-0.25, -0.2) is 0 Å². The van der Waals surface area contributed by atoms with E-state index >= 15 is 0 Å². The summed E-state index contributed by atoms with van der Waals surface area (Å²) >= 11 is 0. The summed E-state index contributed by atoms with van der Waals surface area (Å²) in [6, 6.07) is 0.946. The fourth-order valence-electron chi connectivity index (χ4n) is 2.95. The molecule has 1 aliphatic carbocycles. The lowest BCUT2D eigenvalue weighted by atomic mass is 9.78. The van der Waals surface area contributed by atoms with Crippen LogP contribution in [-0.4, -0.2) is 35.0 Å². The number of carbonyl (C=O) groups excluding carboxylic acids is 1. The van der Waals surface area contributed by atoms with E-state index in [1.807, 2.05) is 0 Å². The highest BCUT2D eigenvalue weighted by molar-refractivity contribution is 5.84. The summed E-state index contributed by atoms with van der Waals surface area (Å²) in [5.41, 5.74) is 10.8. The minimum absolute atomic E-state index is 0.345. The van der Waals surface area contributed by atoms with Gasteiger partial charge in [-0.2, -0.15) is 0 Å². The van der Waals surface area contributed by atoms with Crippen molar-refractivity contribution in [2.24, 2.45) is 11.5 Å². The van der Waals surface area contributed by atoms with Crippen LogP contribution in [0.1, 0.15) is 52.9 Å². The normalized spacial score (nSPS) is 31.5. The Bertz CT molecular complexity index is 269. The molecule has 0 aromatic rings. The average molecular weight is 241 g/mol. The zero-order chi connectivity index (χ0) is 13.1. The van der Waals surface area contributed by atoms with Crippen molar-refractivity contribution < 1.29 is 4.79 Å². The van der Waals surface area contributed by atoms with E-state index in [-0.39, 0.29) is 5.91 Å². The Morgan fingerprint density at radius 2 is 2.18 bits per heavy atom. The number of carbonyl (C=O) groups is 1. The first kappa shape index (κ1) is 14.5. The number of hydrogen-bond acceptors (Lipinski definition) is 3. The van der Waals surface area contributed by atoms with Crippen molar-refractivity contribution >= 4 is 5.91 Å². The molecular weight excluding hydrogens is 214 g/mol. The molecule has 1 rings (SSSR count). The molecule has 3 unspecified atom stereocenters. The van der Waals surface area contributed by atoms with Crippen molar-refractivity contribution in [1.29, 1.82) is 0 Å². The zero-order valence-electron chi connectivity index (χ0n) is 11.4. The summed E-state index contributed by atoms with van der Waals surface area (Å²) in [5, 5.41) is 0. The Morgan fingerprint density at radius 1 is 1.53 bits per heavy atom. The first-order valence-electron chi connectivity index (χ1n) is 6.79. The molecular formula is C13H27N3O. The van der Waals surface area contributed by atoms with Gasteiger partial charge in [0.25, 0.3) is 0 Å². The maximum atomic E-state index is 11.5. The van der Waals surface area contributed by atoms with Crippen molar-refractivity contribution in [2.75, 3.05) is 6.54 Å². The van der Waals surface area contributed by atoms with Gasteiger partial charge in [0, 0.05) is 12.1 Å². The molecule has 1 aliphatic rings. The maximum Gasteiger partial charge on any atom is 0.237 e. The van der Waals surface area contributed by atoms with Crippen LogP contribution in [0.4, 0.5) is 0 Å². The number of amides is 1. The van der Waals surface area contributed by atoms with Crippen LogP contribution >= 0.6 is 0 Å². The fourth-order valence-corrected chi connectivity index (χ4v) is 2.95. The maximum absolute atomic E-state index is 11.5. The highest BCUT2D eigenvalue weighted by Gasteiger charge is 2.39. The largest absolute Gasteiger partial charge is 0.368 e. The van der Waals surface area contributed by atoms with E-state index in [9.17, 15) is 4.79 Å².